The standard InChI is InChI=1S/C18H28N4O2/c1-23-11-16-20-15(13-8-14(19)9-13)10-17(21-16)22-6-7-24-18(12-22)4-2-3-5-18/h10,13-14H,2-9,11-12,19H2,1H3. The fourth-order valence-corrected chi connectivity index (χ4v) is 4.33. The highest BCUT2D eigenvalue weighted by Crippen LogP contribution is 2.38. The second kappa shape index (κ2) is 6.58. The van der Waals surface area contributed by atoms with E-state index in [9.17, 15) is 0 Å². The van der Waals surface area contributed by atoms with Crippen molar-refractivity contribution in [3.63, 3.8) is 0 Å². The van der Waals surface area contributed by atoms with Crippen LogP contribution in [0.2, 0.25) is 0 Å². The SMILES string of the molecule is COCc1nc(C2CC(N)C2)cc(N2CCOC3(CCCC3)C2)n1. The Morgan fingerprint density at radius 2 is 2.12 bits per heavy atom. The number of methoxy groups -OCH3 is 1. The second-order valence-electron chi connectivity index (χ2n) is 7.59. The normalized spacial score (nSPS) is 29.0. The van der Waals surface area contributed by atoms with E-state index >= 15 is 0 Å². The van der Waals surface area contributed by atoms with Gasteiger partial charge in [-0.25, -0.2) is 9.97 Å². The number of morpholine rings is 1. The first kappa shape index (κ1) is 16.2. The van der Waals surface area contributed by atoms with Gasteiger partial charge >= 0.3 is 0 Å². The summed E-state index contributed by atoms with van der Waals surface area (Å²) in [6.45, 7) is 3.08. The van der Waals surface area contributed by atoms with Crippen LogP contribution in [0.1, 0.15) is 56.0 Å². The number of nitrogens with two attached hydrogens (primary N) is 1. The monoisotopic (exact) mass is 332 g/mol. The molecule has 2 heterocycles. The summed E-state index contributed by atoms with van der Waals surface area (Å²) in [7, 11) is 1.69. The largest absolute Gasteiger partial charge is 0.377 e. The van der Waals surface area contributed by atoms with Crippen LogP contribution in [0.3, 0.4) is 0 Å². The van der Waals surface area contributed by atoms with Crippen molar-refractivity contribution in [2.45, 2.75) is 62.7 Å². The number of hydrogen-bond acceptors (Lipinski definition) is 6. The van der Waals surface area contributed by atoms with Gasteiger partial charge in [0.1, 0.15) is 12.4 Å². The summed E-state index contributed by atoms with van der Waals surface area (Å²) in [5, 5.41) is 0. The third-order valence-electron chi connectivity index (χ3n) is 5.73. The Morgan fingerprint density at radius 3 is 2.83 bits per heavy atom. The Morgan fingerprint density at radius 1 is 1.33 bits per heavy atom. The summed E-state index contributed by atoms with van der Waals surface area (Å²) < 4.78 is 11.4. The first-order valence-electron chi connectivity index (χ1n) is 9.19. The van der Waals surface area contributed by atoms with Gasteiger partial charge in [0.15, 0.2) is 5.82 Å². The van der Waals surface area contributed by atoms with Crippen LogP contribution < -0.4 is 10.6 Å². The van der Waals surface area contributed by atoms with E-state index in [-0.39, 0.29) is 5.60 Å². The Hall–Kier alpha value is -1.24. The molecule has 132 valence electrons. The van der Waals surface area contributed by atoms with E-state index in [2.05, 4.69) is 11.0 Å². The Labute approximate surface area is 143 Å². The van der Waals surface area contributed by atoms with Crippen molar-refractivity contribution in [3.8, 4) is 0 Å². The summed E-state index contributed by atoms with van der Waals surface area (Å²) in [4.78, 5) is 11.9. The number of hydrogen-bond donors (Lipinski definition) is 1. The molecule has 1 aromatic heterocycles. The van der Waals surface area contributed by atoms with Crippen LogP contribution in [-0.4, -0.2) is 48.4 Å². The van der Waals surface area contributed by atoms with Gasteiger partial charge in [0, 0.05) is 43.9 Å². The van der Waals surface area contributed by atoms with Crippen LogP contribution in [0.4, 0.5) is 5.82 Å². The maximum absolute atomic E-state index is 6.15. The molecule has 3 fully saturated rings. The molecule has 1 aromatic rings. The maximum atomic E-state index is 6.15. The summed E-state index contributed by atoms with van der Waals surface area (Å²) in [6, 6.07) is 2.49. The van der Waals surface area contributed by atoms with Crippen LogP contribution in [-0.2, 0) is 16.1 Å². The highest BCUT2D eigenvalue weighted by molar-refractivity contribution is 5.42. The first-order valence-corrected chi connectivity index (χ1v) is 9.19. The van der Waals surface area contributed by atoms with E-state index in [1.165, 1.54) is 25.7 Å². The van der Waals surface area contributed by atoms with Crippen LogP contribution in [0, 0.1) is 0 Å². The lowest BCUT2D eigenvalue weighted by Crippen LogP contribution is -2.50. The molecule has 6 nitrogen and oxygen atoms in total. The van der Waals surface area contributed by atoms with Gasteiger partial charge in [0.05, 0.1) is 12.2 Å². The zero-order chi connectivity index (χ0) is 16.6. The van der Waals surface area contributed by atoms with Crippen molar-refractivity contribution in [2.24, 2.45) is 5.73 Å². The second-order valence-corrected chi connectivity index (χ2v) is 7.59. The number of rotatable bonds is 4. The lowest BCUT2D eigenvalue weighted by molar-refractivity contribution is -0.0503. The fraction of sp³-hybridized carbons (Fsp3) is 0.778. The molecule has 4 rings (SSSR count). The lowest BCUT2D eigenvalue weighted by Gasteiger charge is -2.41. The van der Waals surface area contributed by atoms with Crippen LogP contribution in [0.5, 0.6) is 0 Å². The van der Waals surface area contributed by atoms with Gasteiger partial charge in [-0.2, -0.15) is 0 Å². The zero-order valence-electron chi connectivity index (χ0n) is 14.5. The van der Waals surface area contributed by atoms with Gasteiger partial charge in [-0.15, -0.1) is 0 Å². The minimum atomic E-state index is 0.0452. The summed E-state index contributed by atoms with van der Waals surface area (Å²) >= 11 is 0. The molecule has 0 unspecified atom stereocenters. The van der Waals surface area contributed by atoms with Gasteiger partial charge < -0.3 is 20.1 Å². The molecule has 0 radical (unpaired) electrons. The highest BCUT2D eigenvalue weighted by Gasteiger charge is 2.40. The van der Waals surface area contributed by atoms with E-state index in [4.69, 9.17) is 25.2 Å². The third kappa shape index (κ3) is 3.15. The lowest BCUT2D eigenvalue weighted by atomic mass is 9.78. The quantitative estimate of drug-likeness (QED) is 0.909. The van der Waals surface area contributed by atoms with E-state index in [1.807, 2.05) is 0 Å². The van der Waals surface area contributed by atoms with Gasteiger partial charge in [0.25, 0.3) is 0 Å². The minimum Gasteiger partial charge on any atom is -0.377 e. The third-order valence-corrected chi connectivity index (χ3v) is 5.73. The van der Waals surface area contributed by atoms with Crippen molar-refractivity contribution in [1.82, 2.24) is 9.97 Å². The molecule has 0 atom stereocenters. The molecular weight excluding hydrogens is 304 g/mol. The number of anilines is 1. The smallest absolute Gasteiger partial charge is 0.156 e. The van der Waals surface area contributed by atoms with Crippen LogP contribution in [0.15, 0.2) is 6.07 Å². The van der Waals surface area contributed by atoms with E-state index < -0.39 is 0 Å². The maximum Gasteiger partial charge on any atom is 0.156 e. The zero-order valence-corrected chi connectivity index (χ0v) is 14.5. The number of aromatic nitrogens is 2. The average Bonchev–Trinajstić information content (AvgIpc) is 2.99. The van der Waals surface area contributed by atoms with E-state index in [1.54, 1.807) is 7.11 Å². The Bertz CT molecular complexity index is 582. The molecule has 3 aliphatic rings. The molecule has 0 amide bonds. The van der Waals surface area contributed by atoms with Crippen LogP contribution >= 0.6 is 0 Å². The predicted octanol–water partition coefficient (Wildman–Crippen LogP) is 1.98. The molecule has 1 saturated heterocycles. The van der Waals surface area contributed by atoms with Crippen LogP contribution in [0.25, 0.3) is 0 Å². The van der Waals surface area contributed by atoms with Crippen molar-refractivity contribution in [2.75, 3.05) is 31.7 Å². The molecule has 24 heavy (non-hydrogen) atoms. The first-order chi connectivity index (χ1) is 11.7. The molecule has 6 heteroatoms. The van der Waals surface area contributed by atoms with E-state index in [0.29, 0.717) is 18.6 Å². The van der Waals surface area contributed by atoms with Gasteiger partial charge in [-0.1, -0.05) is 12.8 Å². The van der Waals surface area contributed by atoms with Gasteiger partial charge in [-0.05, 0) is 25.7 Å². The molecule has 2 aliphatic carbocycles. The highest BCUT2D eigenvalue weighted by atomic mass is 16.5. The molecule has 2 N–H and O–H groups in total. The average molecular weight is 332 g/mol. The molecule has 1 spiro atoms. The van der Waals surface area contributed by atoms with Crippen molar-refractivity contribution >= 4 is 5.82 Å². The number of ether oxygens (including phenoxy) is 2. The van der Waals surface area contributed by atoms with Gasteiger partial charge in [0.2, 0.25) is 0 Å². The van der Waals surface area contributed by atoms with Crippen molar-refractivity contribution in [3.05, 3.63) is 17.6 Å². The fourth-order valence-electron chi connectivity index (χ4n) is 4.33. The summed E-state index contributed by atoms with van der Waals surface area (Å²) in [5.74, 6) is 2.28. The number of nitrogens with zero attached hydrogens (tertiary/aromatic N) is 3. The molecule has 1 aliphatic heterocycles. The molecule has 2 saturated carbocycles. The summed E-state index contributed by atoms with van der Waals surface area (Å²) in [6.07, 6.45) is 6.94. The predicted molar refractivity (Wildman–Crippen MR) is 92.1 cm³/mol. The van der Waals surface area contributed by atoms with Crippen molar-refractivity contribution in [1.29, 1.82) is 0 Å². The molecule has 0 bridgehead atoms. The van der Waals surface area contributed by atoms with Crippen molar-refractivity contribution < 1.29 is 9.47 Å². The summed E-state index contributed by atoms with van der Waals surface area (Å²) in [5.41, 5.74) is 7.14. The minimum absolute atomic E-state index is 0.0452. The van der Waals surface area contributed by atoms with Gasteiger partial charge in [-0.3, -0.25) is 0 Å². The van der Waals surface area contributed by atoms with E-state index in [0.717, 1.165) is 49.9 Å². The Kier molecular flexibility index (Phi) is 4.45. The topological polar surface area (TPSA) is 73.5 Å². The molecular formula is C18H28N4O2. The Balaban J connectivity index is 1.58. The molecule has 0 aromatic carbocycles.